The van der Waals surface area contributed by atoms with E-state index in [1.54, 1.807) is 29.2 Å². The van der Waals surface area contributed by atoms with Crippen molar-refractivity contribution >= 4 is 32.6 Å². The van der Waals surface area contributed by atoms with Gasteiger partial charge in [0.05, 0.1) is 21.8 Å². The van der Waals surface area contributed by atoms with E-state index in [4.69, 9.17) is 10.2 Å². The largest absolute Gasteiger partial charge is 0.308 e. The molecule has 1 heterocycles. The van der Waals surface area contributed by atoms with E-state index in [1.807, 2.05) is 25.9 Å². The molecule has 1 aromatic heterocycles. The summed E-state index contributed by atoms with van der Waals surface area (Å²) in [6, 6.07) is 13.0. The zero-order chi connectivity index (χ0) is 19.6. The number of likely N-dealkylation sites (N-methyl/N-ethyl adjacent to an activating group) is 1. The van der Waals surface area contributed by atoms with Crippen molar-refractivity contribution in [1.29, 1.82) is 5.26 Å². The van der Waals surface area contributed by atoms with Crippen molar-refractivity contribution in [3.8, 4) is 6.07 Å². The Kier molecular flexibility index (Phi) is 5.54. The highest BCUT2D eigenvalue weighted by Gasteiger charge is 2.22. The molecule has 1 amide bonds. The van der Waals surface area contributed by atoms with Crippen molar-refractivity contribution in [3.05, 3.63) is 58.7 Å². The molecule has 0 bridgehead atoms. The maximum Gasteiger partial charge on any atom is 0.260 e. The van der Waals surface area contributed by atoms with Gasteiger partial charge in [0.1, 0.15) is 0 Å². The first kappa shape index (κ1) is 19.0. The van der Waals surface area contributed by atoms with Crippen molar-refractivity contribution in [2.24, 2.45) is 0 Å². The second-order valence-electron chi connectivity index (χ2n) is 6.87. The van der Waals surface area contributed by atoms with Gasteiger partial charge in [0.15, 0.2) is 5.13 Å². The standard InChI is InChI=1S/C21H22N4OS/c1-14-11-15(2)19-18(12-14)27-21(23-19)25(10-9-24(3)4)20(26)17-7-5-16(13-22)6-8-17/h5-8,11-12H,9-10H2,1-4H3. The first-order valence-electron chi connectivity index (χ1n) is 8.73. The van der Waals surface area contributed by atoms with Gasteiger partial charge in [-0.05, 0) is 69.4 Å². The Balaban J connectivity index is 2.01. The van der Waals surface area contributed by atoms with Crippen LogP contribution in [0.2, 0.25) is 0 Å². The molecule has 5 nitrogen and oxygen atoms in total. The molecular formula is C21H22N4OS. The maximum absolute atomic E-state index is 13.2. The van der Waals surface area contributed by atoms with Gasteiger partial charge in [-0.3, -0.25) is 9.69 Å². The normalized spacial score (nSPS) is 11.0. The van der Waals surface area contributed by atoms with Crippen LogP contribution >= 0.6 is 11.3 Å². The van der Waals surface area contributed by atoms with Crippen LogP contribution in [0.4, 0.5) is 5.13 Å². The van der Waals surface area contributed by atoms with Gasteiger partial charge in [0, 0.05) is 18.7 Å². The number of fused-ring (bicyclic) bond motifs is 1. The lowest BCUT2D eigenvalue weighted by Gasteiger charge is -2.22. The highest BCUT2D eigenvalue weighted by Crippen LogP contribution is 2.32. The molecule has 2 aromatic carbocycles. The number of hydrogen-bond donors (Lipinski definition) is 0. The van der Waals surface area contributed by atoms with Gasteiger partial charge in [-0.15, -0.1) is 0 Å². The van der Waals surface area contributed by atoms with Gasteiger partial charge in [-0.2, -0.15) is 5.26 Å². The van der Waals surface area contributed by atoms with Crippen LogP contribution in [0.15, 0.2) is 36.4 Å². The number of amides is 1. The van der Waals surface area contributed by atoms with E-state index in [9.17, 15) is 4.79 Å². The Hall–Kier alpha value is -2.75. The fourth-order valence-electron chi connectivity index (χ4n) is 2.90. The van der Waals surface area contributed by atoms with Crippen LogP contribution in [0, 0.1) is 25.2 Å². The molecule has 0 aliphatic carbocycles. The average Bonchev–Trinajstić information content (AvgIpc) is 3.05. The van der Waals surface area contributed by atoms with E-state index in [0.717, 1.165) is 22.3 Å². The van der Waals surface area contributed by atoms with Gasteiger partial charge in [-0.1, -0.05) is 17.4 Å². The monoisotopic (exact) mass is 378 g/mol. The fraction of sp³-hybridized carbons (Fsp3) is 0.286. The van der Waals surface area contributed by atoms with E-state index >= 15 is 0 Å². The number of nitriles is 1. The summed E-state index contributed by atoms with van der Waals surface area (Å²) in [5.74, 6) is -0.102. The van der Waals surface area contributed by atoms with Crippen molar-refractivity contribution in [3.63, 3.8) is 0 Å². The molecule has 0 saturated carbocycles. The number of aryl methyl sites for hydroxylation is 2. The third kappa shape index (κ3) is 4.16. The summed E-state index contributed by atoms with van der Waals surface area (Å²) in [4.78, 5) is 21.7. The van der Waals surface area contributed by atoms with Gasteiger partial charge in [0.2, 0.25) is 0 Å². The molecule has 3 rings (SSSR count). The van der Waals surface area contributed by atoms with Gasteiger partial charge in [0.25, 0.3) is 5.91 Å². The Morgan fingerprint density at radius 1 is 1.15 bits per heavy atom. The lowest BCUT2D eigenvalue weighted by atomic mass is 10.1. The first-order valence-corrected chi connectivity index (χ1v) is 9.55. The molecule has 27 heavy (non-hydrogen) atoms. The molecule has 6 heteroatoms. The number of anilines is 1. The molecule has 0 atom stereocenters. The predicted molar refractivity (Wildman–Crippen MR) is 110 cm³/mol. The lowest BCUT2D eigenvalue weighted by molar-refractivity contribution is 0.0985. The molecule has 0 saturated heterocycles. The molecular weight excluding hydrogens is 356 g/mol. The molecule has 0 radical (unpaired) electrons. The molecule has 0 aliphatic heterocycles. The second-order valence-corrected chi connectivity index (χ2v) is 7.88. The summed E-state index contributed by atoms with van der Waals surface area (Å²) in [5.41, 5.74) is 4.35. The van der Waals surface area contributed by atoms with E-state index in [2.05, 4.69) is 25.1 Å². The number of benzene rings is 2. The third-order valence-corrected chi connectivity index (χ3v) is 5.35. The van der Waals surface area contributed by atoms with Crippen LogP contribution in [-0.2, 0) is 0 Å². The minimum atomic E-state index is -0.102. The first-order chi connectivity index (χ1) is 12.9. The highest BCUT2D eigenvalue weighted by atomic mass is 32.1. The number of thiazole rings is 1. The zero-order valence-corrected chi connectivity index (χ0v) is 16.8. The Morgan fingerprint density at radius 2 is 1.85 bits per heavy atom. The molecule has 138 valence electrons. The number of aromatic nitrogens is 1. The van der Waals surface area contributed by atoms with Gasteiger partial charge >= 0.3 is 0 Å². The van der Waals surface area contributed by atoms with E-state index < -0.39 is 0 Å². The average molecular weight is 379 g/mol. The molecule has 0 unspecified atom stereocenters. The van der Waals surface area contributed by atoms with Gasteiger partial charge in [-0.25, -0.2) is 4.98 Å². The lowest BCUT2D eigenvalue weighted by Crippen LogP contribution is -2.36. The SMILES string of the molecule is Cc1cc(C)c2nc(N(CCN(C)C)C(=O)c3ccc(C#N)cc3)sc2c1. The maximum atomic E-state index is 13.2. The van der Waals surface area contributed by atoms with E-state index in [-0.39, 0.29) is 5.91 Å². The number of hydrogen-bond acceptors (Lipinski definition) is 5. The second kappa shape index (κ2) is 7.87. The molecule has 0 aliphatic rings. The summed E-state index contributed by atoms with van der Waals surface area (Å²) in [6.45, 7) is 5.39. The van der Waals surface area contributed by atoms with Crippen LogP contribution in [0.5, 0.6) is 0 Å². The van der Waals surface area contributed by atoms with E-state index in [0.29, 0.717) is 22.8 Å². The van der Waals surface area contributed by atoms with E-state index in [1.165, 1.54) is 16.9 Å². The number of carbonyl (C=O) groups excluding carboxylic acids is 1. The minimum absolute atomic E-state index is 0.102. The number of rotatable bonds is 5. The van der Waals surface area contributed by atoms with Crippen LogP contribution < -0.4 is 4.90 Å². The summed E-state index contributed by atoms with van der Waals surface area (Å²) in [7, 11) is 3.96. The number of carbonyl (C=O) groups is 1. The topological polar surface area (TPSA) is 60.2 Å². The highest BCUT2D eigenvalue weighted by molar-refractivity contribution is 7.22. The predicted octanol–water partition coefficient (Wildman–Crippen LogP) is 3.99. The summed E-state index contributed by atoms with van der Waals surface area (Å²) in [5, 5.41) is 9.67. The molecule has 0 fully saturated rings. The summed E-state index contributed by atoms with van der Waals surface area (Å²) >= 11 is 1.54. The Labute approximate surface area is 163 Å². The molecule has 3 aromatic rings. The Morgan fingerprint density at radius 3 is 2.48 bits per heavy atom. The van der Waals surface area contributed by atoms with Crippen molar-refractivity contribution in [1.82, 2.24) is 9.88 Å². The smallest absolute Gasteiger partial charge is 0.260 e. The zero-order valence-electron chi connectivity index (χ0n) is 16.0. The van der Waals surface area contributed by atoms with Crippen molar-refractivity contribution < 1.29 is 4.79 Å². The summed E-state index contributed by atoms with van der Waals surface area (Å²) < 4.78 is 1.09. The van der Waals surface area contributed by atoms with Crippen LogP contribution in [0.1, 0.15) is 27.0 Å². The molecule has 0 spiro atoms. The van der Waals surface area contributed by atoms with Crippen molar-refractivity contribution in [2.45, 2.75) is 13.8 Å². The quantitative estimate of drug-likeness (QED) is 0.673. The Bertz CT molecular complexity index is 1020. The van der Waals surface area contributed by atoms with Crippen LogP contribution in [-0.4, -0.2) is 43.0 Å². The summed E-state index contributed by atoms with van der Waals surface area (Å²) in [6.07, 6.45) is 0. The third-order valence-electron chi connectivity index (χ3n) is 4.33. The van der Waals surface area contributed by atoms with Gasteiger partial charge < -0.3 is 4.90 Å². The van der Waals surface area contributed by atoms with Crippen LogP contribution in [0.25, 0.3) is 10.2 Å². The molecule has 0 N–H and O–H groups in total. The van der Waals surface area contributed by atoms with Crippen LogP contribution in [0.3, 0.4) is 0 Å². The van der Waals surface area contributed by atoms with Crippen molar-refractivity contribution in [2.75, 3.05) is 32.1 Å². The fourth-order valence-corrected chi connectivity index (χ4v) is 4.07. The number of nitrogens with zero attached hydrogens (tertiary/aromatic N) is 4. The minimum Gasteiger partial charge on any atom is -0.308 e.